The highest BCUT2D eigenvalue weighted by Gasteiger charge is 2.30. The molecule has 1 aliphatic rings. The number of aryl methyl sites for hydroxylation is 2. The highest BCUT2D eigenvalue weighted by molar-refractivity contribution is 6.30. The van der Waals surface area contributed by atoms with Crippen LogP contribution in [-0.4, -0.2) is 30.3 Å². The van der Waals surface area contributed by atoms with E-state index >= 15 is 0 Å². The molecule has 1 fully saturated rings. The summed E-state index contributed by atoms with van der Waals surface area (Å²) >= 11 is 5.88. The minimum Gasteiger partial charge on any atom is -0.379 e. The maximum atomic E-state index is 12.2. The average molecular weight is 363 g/mol. The Balaban J connectivity index is 1.42. The lowest BCUT2D eigenvalue weighted by molar-refractivity contribution is -0.122. The van der Waals surface area contributed by atoms with E-state index in [2.05, 4.69) is 10.5 Å². The van der Waals surface area contributed by atoms with Crippen LogP contribution in [0.5, 0.6) is 0 Å². The number of carbonyl (C=O) groups is 1. The van der Waals surface area contributed by atoms with Gasteiger partial charge in [-0.1, -0.05) is 28.9 Å². The summed E-state index contributed by atoms with van der Waals surface area (Å²) in [6.07, 6.45) is 2.92. The largest absolute Gasteiger partial charge is 0.379 e. The number of aromatic nitrogens is 1. The first-order valence-corrected chi connectivity index (χ1v) is 9.01. The summed E-state index contributed by atoms with van der Waals surface area (Å²) in [6, 6.07) is 9.73. The van der Waals surface area contributed by atoms with Gasteiger partial charge in [-0.15, -0.1) is 0 Å². The van der Waals surface area contributed by atoms with Crippen LogP contribution in [0, 0.1) is 12.8 Å². The molecule has 0 unspecified atom stereocenters. The molecule has 25 heavy (non-hydrogen) atoms. The van der Waals surface area contributed by atoms with Gasteiger partial charge in [0.05, 0.1) is 24.9 Å². The number of hydrogen-bond acceptors (Lipinski definition) is 4. The fraction of sp³-hybridized carbons (Fsp3) is 0.474. The van der Waals surface area contributed by atoms with E-state index < -0.39 is 0 Å². The fourth-order valence-electron chi connectivity index (χ4n) is 3.11. The number of nitrogens with one attached hydrogen (secondary N) is 1. The SMILES string of the molecule is Cc1cc(C[C@@H]2COC[C@@H]2NC(=O)CCCc2ccc(Cl)cc2)on1. The van der Waals surface area contributed by atoms with E-state index in [0.29, 0.717) is 19.6 Å². The van der Waals surface area contributed by atoms with Crippen LogP contribution in [-0.2, 0) is 22.4 Å². The van der Waals surface area contributed by atoms with Crippen LogP contribution in [0.25, 0.3) is 0 Å². The maximum Gasteiger partial charge on any atom is 0.220 e. The van der Waals surface area contributed by atoms with Gasteiger partial charge in [0.2, 0.25) is 5.91 Å². The van der Waals surface area contributed by atoms with Crippen LogP contribution < -0.4 is 5.32 Å². The van der Waals surface area contributed by atoms with Crippen LogP contribution in [0.4, 0.5) is 0 Å². The zero-order valence-corrected chi connectivity index (χ0v) is 15.1. The van der Waals surface area contributed by atoms with E-state index in [1.165, 1.54) is 5.56 Å². The van der Waals surface area contributed by atoms with Crippen molar-refractivity contribution >= 4 is 17.5 Å². The first-order chi connectivity index (χ1) is 12.1. The smallest absolute Gasteiger partial charge is 0.220 e. The molecule has 0 spiro atoms. The van der Waals surface area contributed by atoms with E-state index in [9.17, 15) is 4.79 Å². The number of nitrogens with zero attached hydrogens (tertiary/aromatic N) is 1. The van der Waals surface area contributed by atoms with Crippen LogP contribution in [0.1, 0.15) is 29.9 Å². The zero-order chi connectivity index (χ0) is 17.6. The Kier molecular flexibility index (Phi) is 6.10. The van der Waals surface area contributed by atoms with Crippen LogP contribution >= 0.6 is 11.6 Å². The Morgan fingerprint density at radius 1 is 1.32 bits per heavy atom. The zero-order valence-electron chi connectivity index (χ0n) is 14.3. The van der Waals surface area contributed by atoms with Crippen molar-refractivity contribution in [3.05, 3.63) is 52.4 Å². The van der Waals surface area contributed by atoms with E-state index in [1.54, 1.807) is 0 Å². The van der Waals surface area contributed by atoms with Crippen LogP contribution in [0.3, 0.4) is 0 Å². The van der Waals surface area contributed by atoms with Crippen molar-refractivity contribution in [2.45, 2.75) is 38.6 Å². The average Bonchev–Trinajstić information content (AvgIpc) is 3.19. The van der Waals surface area contributed by atoms with Crippen molar-refractivity contribution in [3.8, 4) is 0 Å². The molecule has 1 saturated heterocycles. The molecule has 1 N–H and O–H groups in total. The Labute approximate surface area is 152 Å². The molecule has 5 nitrogen and oxygen atoms in total. The van der Waals surface area contributed by atoms with Crippen molar-refractivity contribution in [2.24, 2.45) is 5.92 Å². The topological polar surface area (TPSA) is 64.4 Å². The predicted molar refractivity (Wildman–Crippen MR) is 95.6 cm³/mol. The molecule has 0 saturated carbocycles. The van der Waals surface area contributed by atoms with Crippen molar-refractivity contribution in [1.29, 1.82) is 0 Å². The van der Waals surface area contributed by atoms with Gasteiger partial charge in [-0.3, -0.25) is 4.79 Å². The molecule has 2 atom stereocenters. The van der Waals surface area contributed by atoms with E-state index in [0.717, 1.165) is 35.7 Å². The number of benzene rings is 1. The molecule has 6 heteroatoms. The summed E-state index contributed by atoms with van der Waals surface area (Å²) in [5.41, 5.74) is 2.07. The van der Waals surface area contributed by atoms with Crippen LogP contribution in [0.15, 0.2) is 34.9 Å². The number of rotatable bonds is 7. The summed E-state index contributed by atoms with van der Waals surface area (Å²) in [7, 11) is 0. The van der Waals surface area contributed by atoms with Gasteiger partial charge in [-0.2, -0.15) is 0 Å². The van der Waals surface area contributed by atoms with Gasteiger partial charge in [0.15, 0.2) is 0 Å². The maximum absolute atomic E-state index is 12.2. The van der Waals surface area contributed by atoms with Crippen molar-refractivity contribution in [1.82, 2.24) is 10.5 Å². The molecule has 0 aliphatic carbocycles. The second-order valence-electron chi connectivity index (χ2n) is 6.59. The van der Waals surface area contributed by atoms with Crippen molar-refractivity contribution in [3.63, 3.8) is 0 Å². The molecular formula is C19H23ClN2O3. The minimum atomic E-state index is 0.0356. The first kappa shape index (κ1) is 18.0. The molecule has 1 amide bonds. The number of amides is 1. The minimum absolute atomic E-state index is 0.0356. The van der Waals surface area contributed by atoms with Crippen LogP contribution in [0.2, 0.25) is 5.02 Å². The van der Waals surface area contributed by atoms with Gasteiger partial charge in [0, 0.05) is 29.8 Å². The lowest BCUT2D eigenvalue weighted by Crippen LogP contribution is -2.40. The lowest BCUT2D eigenvalue weighted by Gasteiger charge is -2.18. The summed E-state index contributed by atoms with van der Waals surface area (Å²) in [6.45, 7) is 3.09. The van der Waals surface area contributed by atoms with Gasteiger partial charge < -0.3 is 14.6 Å². The Bertz CT molecular complexity index is 699. The van der Waals surface area contributed by atoms with Gasteiger partial charge in [-0.05, 0) is 37.5 Å². The molecule has 134 valence electrons. The second kappa shape index (κ2) is 8.50. The summed E-state index contributed by atoms with van der Waals surface area (Å²) < 4.78 is 10.8. The third-order valence-electron chi connectivity index (χ3n) is 4.47. The Hall–Kier alpha value is -1.85. The third-order valence-corrected chi connectivity index (χ3v) is 4.72. The van der Waals surface area contributed by atoms with Gasteiger partial charge in [0.25, 0.3) is 0 Å². The number of carbonyl (C=O) groups excluding carboxylic acids is 1. The predicted octanol–water partition coefficient (Wildman–Crippen LogP) is 3.33. The highest BCUT2D eigenvalue weighted by atomic mass is 35.5. The van der Waals surface area contributed by atoms with Gasteiger partial charge in [0.1, 0.15) is 5.76 Å². The molecule has 1 aliphatic heterocycles. The first-order valence-electron chi connectivity index (χ1n) is 8.64. The lowest BCUT2D eigenvalue weighted by atomic mass is 9.98. The number of ether oxygens (including phenoxy) is 1. The second-order valence-corrected chi connectivity index (χ2v) is 7.03. The molecule has 0 radical (unpaired) electrons. The fourth-order valence-corrected chi connectivity index (χ4v) is 3.24. The van der Waals surface area contributed by atoms with E-state index in [4.69, 9.17) is 20.9 Å². The summed E-state index contributed by atoms with van der Waals surface area (Å²) in [5.74, 6) is 1.14. The standard InChI is InChI=1S/C19H23ClN2O3/c1-13-9-17(25-22-13)10-15-11-24-12-18(15)21-19(23)4-2-3-14-5-7-16(20)8-6-14/h5-9,15,18H,2-4,10-12H2,1H3,(H,21,23)/t15-,18+/m1/s1. The molecular weight excluding hydrogens is 340 g/mol. The quantitative estimate of drug-likeness (QED) is 0.820. The molecule has 1 aromatic carbocycles. The molecule has 2 heterocycles. The highest BCUT2D eigenvalue weighted by Crippen LogP contribution is 2.20. The van der Waals surface area contributed by atoms with Gasteiger partial charge in [-0.25, -0.2) is 0 Å². The number of hydrogen-bond donors (Lipinski definition) is 1. The van der Waals surface area contributed by atoms with Gasteiger partial charge >= 0.3 is 0 Å². The summed E-state index contributed by atoms with van der Waals surface area (Å²) in [5, 5.41) is 7.74. The normalized spacial score (nSPS) is 19.9. The van der Waals surface area contributed by atoms with Crippen molar-refractivity contribution < 1.29 is 14.1 Å². The Morgan fingerprint density at radius 2 is 2.12 bits per heavy atom. The van der Waals surface area contributed by atoms with Crippen molar-refractivity contribution in [2.75, 3.05) is 13.2 Å². The molecule has 2 aromatic rings. The molecule has 0 bridgehead atoms. The Morgan fingerprint density at radius 3 is 2.84 bits per heavy atom. The molecule has 3 rings (SSSR count). The molecule has 1 aromatic heterocycles. The number of halogens is 1. The summed E-state index contributed by atoms with van der Waals surface area (Å²) in [4.78, 5) is 12.2. The third kappa shape index (κ3) is 5.31. The monoisotopic (exact) mass is 362 g/mol. The van der Waals surface area contributed by atoms with E-state index in [-0.39, 0.29) is 17.9 Å². The van der Waals surface area contributed by atoms with E-state index in [1.807, 2.05) is 37.3 Å².